The third kappa shape index (κ3) is 3.80. The first-order chi connectivity index (χ1) is 6.91. The molecule has 0 rings (SSSR count). The van der Waals surface area contributed by atoms with Crippen molar-refractivity contribution in [2.45, 2.75) is 45.8 Å². The van der Waals surface area contributed by atoms with E-state index in [2.05, 4.69) is 5.32 Å². The van der Waals surface area contributed by atoms with Crippen molar-refractivity contribution in [1.82, 2.24) is 5.32 Å². The summed E-state index contributed by atoms with van der Waals surface area (Å²) in [5, 5.41) is 2.93. The quantitative estimate of drug-likeness (QED) is 0.693. The molecule has 0 bridgehead atoms. The second-order valence-electron chi connectivity index (χ2n) is 4.26. The minimum atomic E-state index is -0.734. The fourth-order valence-corrected chi connectivity index (χ4v) is 1.10. The van der Waals surface area contributed by atoms with E-state index in [0.29, 0.717) is 13.0 Å². The Kier molecular flexibility index (Phi) is 5.83. The Morgan fingerprint density at radius 2 is 2.07 bits per heavy atom. The Bertz CT molecular complexity index is 203. The number of carbonyl (C=O) groups is 1. The number of ether oxygens (including phenoxy) is 1. The van der Waals surface area contributed by atoms with Gasteiger partial charge in [0.15, 0.2) is 0 Å². The summed E-state index contributed by atoms with van der Waals surface area (Å²) >= 11 is 0. The highest BCUT2D eigenvalue weighted by atomic mass is 16.5. The zero-order valence-electron chi connectivity index (χ0n) is 10.5. The molecule has 15 heavy (non-hydrogen) atoms. The van der Waals surface area contributed by atoms with Gasteiger partial charge < -0.3 is 15.8 Å². The number of nitrogens with two attached hydrogens (primary N) is 1. The Morgan fingerprint density at radius 1 is 1.53 bits per heavy atom. The van der Waals surface area contributed by atoms with Gasteiger partial charge >= 0.3 is 0 Å². The van der Waals surface area contributed by atoms with Gasteiger partial charge in [0.25, 0.3) is 5.91 Å². The number of methoxy groups -OCH3 is 1. The second-order valence-corrected chi connectivity index (χ2v) is 4.26. The second kappa shape index (κ2) is 6.08. The molecule has 0 aromatic rings. The average molecular weight is 216 g/mol. The lowest BCUT2D eigenvalue weighted by molar-refractivity contribution is -0.142. The maximum Gasteiger partial charge on any atom is 0.252 e. The molecule has 0 fully saturated rings. The van der Waals surface area contributed by atoms with Crippen LogP contribution in [0.5, 0.6) is 0 Å². The highest BCUT2D eigenvalue weighted by Crippen LogP contribution is 2.14. The van der Waals surface area contributed by atoms with Crippen LogP contribution in [0.25, 0.3) is 0 Å². The summed E-state index contributed by atoms with van der Waals surface area (Å²) in [6.45, 7) is 8.27. The van der Waals surface area contributed by atoms with E-state index < -0.39 is 5.60 Å². The Morgan fingerprint density at radius 3 is 2.40 bits per heavy atom. The van der Waals surface area contributed by atoms with Crippen molar-refractivity contribution in [2.75, 3.05) is 13.7 Å². The van der Waals surface area contributed by atoms with Crippen molar-refractivity contribution in [3.05, 3.63) is 0 Å². The largest absolute Gasteiger partial charge is 0.369 e. The number of hydrogen-bond donors (Lipinski definition) is 2. The molecule has 0 aliphatic rings. The standard InChI is InChI=1S/C11H24N2O2/c1-6-11(4,15-5)10(14)13-9(3)8(2)7-12/h8-9H,6-7,12H2,1-5H3,(H,13,14). The smallest absolute Gasteiger partial charge is 0.252 e. The van der Waals surface area contributed by atoms with Crippen LogP contribution >= 0.6 is 0 Å². The molecular formula is C11H24N2O2. The molecule has 1 amide bonds. The minimum absolute atomic E-state index is 0.0692. The lowest BCUT2D eigenvalue weighted by Gasteiger charge is -2.29. The fraction of sp³-hybridized carbons (Fsp3) is 0.909. The first-order valence-electron chi connectivity index (χ1n) is 5.47. The van der Waals surface area contributed by atoms with E-state index >= 15 is 0 Å². The van der Waals surface area contributed by atoms with E-state index in [9.17, 15) is 4.79 Å². The summed E-state index contributed by atoms with van der Waals surface area (Å²) in [5.74, 6) is 0.201. The van der Waals surface area contributed by atoms with Crippen LogP contribution < -0.4 is 11.1 Å². The molecule has 3 unspecified atom stereocenters. The van der Waals surface area contributed by atoms with Crippen LogP contribution in [-0.4, -0.2) is 31.2 Å². The van der Waals surface area contributed by atoms with Gasteiger partial charge in [0.2, 0.25) is 0 Å². The van der Waals surface area contributed by atoms with Gasteiger partial charge in [-0.3, -0.25) is 4.79 Å². The molecule has 0 aliphatic carbocycles. The van der Waals surface area contributed by atoms with Crippen LogP contribution in [0.4, 0.5) is 0 Å². The molecule has 0 aromatic carbocycles. The number of hydrogen-bond acceptors (Lipinski definition) is 3. The maximum absolute atomic E-state index is 11.9. The highest BCUT2D eigenvalue weighted by molar-refractivity contribution is 5.84. The Hall–Kier alpha value is -0.610. The van der Waals surface area contributed by atoms with E-state index in [1.807, 2.05) is 20.8 Å². The molecule has 0 saturated heterocycles. The van der Waals surface area contributed by atoms with Gasteiger partial charge in [0.05, 0.1) is 0 Å². The van der Waals surface area contributed by atoms with E-state index in [1.54, 1.807) is 14.0 Å². The van der Waals surface area contributed by atoms with Crippen molar-refractivity contribution < 1.29 is 9.53 Å². The molecule has 3 N–H and O–H groups in total. The third-order valence-electron chi connectivity index (χ3n) is 3.19. The van der Waals surface area contributed by atoms with Crippen LogP contribution in [0.15, 0.2) is 0 Å². The molecular weight excluding hydrogens is 192 g/mol. The molecule has 4 nitrogen and oxygen atoms in total. The highest BCUT2D eigenvalue weighted by Gasteiger charge is 2.32. The predicted molar refractivity (Wildman–Crippen MR) is 61.5 cm³/mol. The lowest BCUT2D eigenvalue weighted by atomic mass is 9.99. The van der Waals surface area contributed by atoms with E-state index in [-0.39, 0.29) is 17.9 Å². The Balaban J connectivity index is 4.35. The van der Waals surface area contributed by atoms with E-state index in [0.717, 1.165) is 0 Å². The lowest BCUT2D eigenvalue weighted by Crippen LogP contribution is -2.50. The summed E-state index contributed by atoms with van der Waals surface area (Å²) in [6.07, 6.45) is 0.652. The van der Waals surface area contributed by atoms with Gasteiger partial charge in [-0.05, 0) is 32.7 Å². The summed E-state index contributed by atoms with van der Waals surface area (Å²) in [5.41, 5.74) is 4.81. The van der Waals surface area contributed by atoms with Crippen LogP contribution in [0.1, 0.15) is 34.1 Å². The van der Waals surface area contributed by atoms with Crippen molar-refractivity contribution in [2.24, 2.45) is 11.7 Å². The molecule has 0 saturated carbocycles. The molecule has 0 radical (unpaired) electrons. The fourth-order valence-electron chi connectivity index (χ4n) is 1.10. The molecule has 0 aromatic heterocycles. The first-order valence-corrected chi connectivity index (χ1v) is 5.47. The number of amides is 1. The van der Waals surface area contributed by atoms with Gasteiger partial charge in [-0.2, -0.15) is 0 Å². The first kappa shape index (κ1) is 14.4. The molecule has 0 heterocycles. The topological polar surface area (TPSA) is 64.3 Å². The van der Waals surface area contributed by atoms with Crippen LogP contribution in [0.3, 0.4) is 0 Å². The SMILES string of the molecule is CCC(C)(OC)C(=O)NC(C)C(C)CN. The van der Waals surface area contributed by atoms with Crippen molar-refractivity contribution in [1.29, 1.82) is 0 Å². The zero-order chi connectivity index (χ0) is 12.1. The van der Waals surface area contributed by atoms with Gasteiger partial charge in [-0.15, -0.1) is 0 Å². The average Bonchev–Trinajstić information content (AvgIpc) is 2.26. The zero-order valence-corrected chi connectivity index (χ0v) is 10.5. The van der Waals surface area contributed by atoms with E-state index in [4.69, 9.17) is 10.5 Å². The summed E-state index contributed by atoms with van der Waals surface area (Å²) in [6, 6.07) is 0.0727. The maximum atomic E-state index is 11.9. The minimum Gasteiger partial charge on any atom is -0.369 e. The van der Waals surface area contributed by atoms with Gasteiger partial charge in [-0.1, -0.05) is 13.8 Å². The summed E-state index contributed by atoms with van der Waals surface area (Å²) < 4.78 is 5.22. The van der Waals surface area contributed by atoms with Crippen LogP contribution in [0.2, 0.25) is 0 Å². The van der Waals surface area contributed by atoms with Gasteiger partial charge in [-0.25, -0.2) is 0 Å². The molecule has 90 valence electrons. The summed E-state index contributed by atoms with van der Waals surface area (Å²) in [7, 11) is 1.56. The monoisotopic (exact) mass is 216 g/mol. The molecule has 4 heteroatoms. The predicted octanol–water partition coefficient (Wildman–Crippen LogP) is 0.901. The molecule has 0 aliphatic heterocycles. The molecule has 3 atom stereocenters. The van der Waals surface area contributed by atoms with Crippen molar-refractivity contribution >= 4 is 5.91 Å². The number of nitrogens with one attached hydrogen (secondary N) is 1. The normalized spacial score (nSPS) is 19.1. The van der Waals surface area contributed by atoms with Gasteiger partial charge in [0, 0.05) is 13.2 Å². The van der Waals surface area contributed by atoms with E-state index in [1.165, 1.54) is 0 Å². The number of rotatable bonds is 6. The Labute approximate surface area is 92.6 Å². The summed E-state index contributed by atoms with van der Waals surface area (Å²) in [4.78, 5) is 11.9. The van der Waals surface area contributed by atoms with Crippen molar-refractivity contribution in [3.8, 4) is 0 Å². The van der Waals surface area contributed by atoms with Gasteiger partial charge in [0.1, 0.15) is 5.60 Å². The number of carbonyl (C=O) groups excluding carboxylic acids is 1. The van der Waals surface area contributed by atoms with Crippen LogP contribution in [0, 0.1) is 5.92 Å². The third-order valence-corrected chi connectivity index (χ3v) is 3.19. The molecule has 0 spiro atoms. The van der Waals surface area contributed by atoms with Crippen LogP contribution in [-0.2, 0) is 9.53 Å². The van der Waals surface area contributed by atoms with Crippen molar-refractivity contribution in [3.63, 3.8) is 0 Å².